The average Bonchev–Trinajstić information content (AvgIpc) is 2.83. The third-order valence-electron chi connectivity index (χ3n) is 3.81. The number of ether oxygens (including phenoxy) is 1. The number of carbonyl (C=O) groups excluding carboxylic acids is 1. The fourth-order valence-corrected chi connectivity index (χ4v) is 2.28. The van der Waals surface area contributed by atoms with Crippen molar-refractivity contribution in [2.24, 2.45) is 0 Å². The lowest BCUT2D eigenvalue weighted by molar-refractivity contribution is -0.129. The van der Waals surface area contributed by atoms with E-state index in [1.807, 2.05) is 38.1 Å². The smallest absolute Gasteiger partial charge is 0.261 e. The minimum Gasteiger partial charge on any atom is -0.480 e. The molecular weight excluding hydrogens is 242 g/mol. The summed E-state index contributed by atoms with van der Waals surface area (Å²) in [5.74, 6) is 0.692. The number of benzene rings is 1. The van der Waals surface area contributed by atoms with Gasteiger partial charge in [-0.2, -0.15) is 0 Å². The fraction of sp³-hybridized carbons (Fsp3) is 0.533. The van der Waals surface area contributed by atoms with Crippen molar-refractivity contribution in [2.75, 3.05) is 6.61 Å². The van der Waals surface area contributed by atoms with Gasteiger partial charge in [0.2, 0.25) is 0 Å². The van der Waals surface area contributed by atoms with Crippen molar-refractivity contribution in [1.82, 2.24) is 5.32 Å². The summed E-state index contributed by atoms with van der Waals surface area (Å²) < 4.78 is 5.66. The Labute approximate surface area is 113 Å². The number of fused-ring (bicyclic) bond motifs is 1. The highest BCUT2D eigenvalue weighted by atomic mass is 16.5. The van der Waals surface area contributed by atoms with Gasteiger partial charge in [0.05, 0.1) is 0 Å². The van der Waals surface area contributed by atoms with Gasteiger partial charge in [0.15, 0.2) is 6.10 Å². The van der Waals surface area contributed by atoms with E-state index in [0.29, 0.717) is 12.8 Å². The minimum atomic E-state index is -0.457. The summed E-state index contributed by atoms with van der Waals surface area (Å²) in [5, 5.41) is 12.1. The summed E-state index contributed by atoms with van der Waals surface area (Å²) in [4.78, 5) is 12.2. The van der Waals surface area contributed by atoms with Crippen LogP contribution in [-0.2, 0) is 11.2 Å². The second-order valence-corrected chi connectivity index (χ2v) is 5.30. The molecule has 1 aliphatic rings. The Morgan fingerprint density at radius 2 is 2.26 bits per heavy atom. The molecule has 0 fully saturated rings. The molecule has 0 radical (unpaired) electrons. The van der Waals surface area contributed by atoms with Crippen LogP contribution in [0.2, 0.25) is 0 Å². The highest BCUT2D eigenvalue weighted by Gasteiger charge is 2.33. The first-order valence-corrected chi connectivity index (χ1v) is 6.75. The normalized spacial score (nSPS) is 20.3. The summed E-state index contributed by atoms with van der Waals surface area (Å²) in [6.45, 7) is 4.01. The highest BCUT2D eigenvalue weighted by molar-refractivity contribution is 5.83. The molecule has 2 unspecified atom stereocenters. The van der Waals surface area contributed by atoms with E-state index in [4.69, 9.17) is 9.84 Å². The number of amides is 1. The van der Waals surface area contributed by atoms with Gasteiger partial charge in [0.25, 0.3) is 5.91 Å². The van der Waals surface area contributed by atoms with Crippen LogP contribution in [0.1, 0.15) is 32.3 Å². The Morgan fingerprint density at radius 3 is 2.89 bits per heavy atom. The first-order valence-electron chi connectivity index (χ1n) is 6.75. The number of aliphatic hydroxyl groups is 1. The molecule has 1 heterocycles. The Bertz CT molecular complexity index is 435. The third kappa shape index (κ3) is 3.07. The molecule has 19 heavy (non-hydrogen) atoms. The zero-order chi connectivity index (χ0) is 13.9. The fourth-order valence-electron chi connectivity index (χ4n) is 2.28. The van der Waals surface area contributed by atoms with Gasteiger partial charge in [-0.3, -0.25) is 4.79 Å². The largest absolute Gasteiger partial charge is 0.480 e. The van der Waals surface area contributed by atoms with Crippen molar-refractivity contribution in [1.29, 1.82) is 0 Å². The summed E-state index contributed by atoms with van der Waals surface area (Å²) in [6.07, 6.45) is 1.48. The van der Waals surface area contributed by atoms with Crippen molar-refractivity contribution in [3.8, 4) is 5.75 Å². The molecule has 0 saturated carbocycles. The van der Waals surface area contributed by atoms with Gasteiger partial charge in [-0.1, -0.05) is 25.1 Å². The molecule has 0 aromatic heterocycles. The second-order valence-electron chi connectivity index (χ2n) is 5.30. The van der Waals surface area contributed by atoms with Crippen LogP contribution in [0, 0.1) is 0 Å². The van der Waals surface area contributed by atoms with Gasteiger partial charge in [-0.05, 0) is 31.4 Å². The van der Waals surface area contributed by atoms with Gasteiger partial charge in [0, 0.05) is 18.6 Å². The first kappa shape index (κ1) is 13.9. The molecule has 4 nitrogen and oxygen atoms in total. The van der Waals surface area contributed by atoms with Crippen molar-refractivity contribution < 1.29 is 14.6 Å². The monoisotopic (exact) mass is 263 g/mol. The zero-order valence-electron chi connectivity index (χ0n) is 11.5. The van der Waals surface area contributed by atoms with E-state index in [-0.39, 0.29) is 18.1 Å². The van der Waals surface area contributed by atoms with E-state index in [2.05, 4.69) is 5.32 Å². The molecule has 1 aliphatic heterocycles. The molecule has 0 spiro atoms. The standard InChI is InChI=1S/C15H21NO3/c1-3-15(2,8-9-17)16-14(18)13-10-11-6-4-5-7-12(11)19-13/h4-7,13,17H,3,8-10H2,1-2H3,(H,16,18). The van der Waals surface area contributed by atoms with Crippen molar-refractivity contribution in [3.63, 3.8) is 0 Å². The van der Waals surface area contributed by atoms with Crippen LogP contribution >= 0.6 is 0 Å². The Kier molecular flexibility index (Phi) is 4.10. The Hall–Kier alpha value is -1.55. The molecule has 2 rings (SSSR count). The predicted octanol–water partition coefficient (Wildman–Crippen LogP) is 1.66. The summed E-state index contributed by atoms with van der Waals surface area (Å²) in [6, 6.07) is 7.72. The maximum Gasteiger partial charge on any atom is 0.261 e. The van der Waals surface area contributed by atoms with Crippen LogP contribution in [0.25, 0.3) is 0 Å². The molecule has 1 aromatic carbocycles. The van der Waals surface area contributed by atoms with Crippen LogP contribution < -0.4 is 10.1 Å². The van der Waals surface area contributed by atoms with Crippen LogP contribution in [0.15, 0.2) is 24.3 Å². The van der Waals surface area contributed by atoms with Crippen molar-refractivity contribution in [2.45, 2.75) is 44.8 Å². The lowest BCUT2D eigenvalue weighted by Gasteiger charge is -2.30. The average molecular weight is 263 g/mol. The van der Waals surface area contributed by atoms with Gasteiger partial charge >= 0.3 is 0 Å². The van der Waals surface area contributed by atoms with Crippen LogP contribution in [0.5, 0.6) is 5.75 Å². The summed E-state index contributed by atoms with van der Waals surface area (Å²) in [7, 11) is 0. The number of hydrogen-bond acceptors (Lipinski definition) is 3. The van der Waals surface area contributed by atoms with Crippen molar-refractivity contribution in [3.05, 3.63) is 29.8 Å². The number of para-hydroxylation sites is 1. The lowest BCUT2D eigenvalue weighted by atomic mass is 9.94. The van der Waals surface area contributed by atoms with Crippen molar-refractivity contribution >= 4 is 5.91 Å². The molecule has 104 valence electrons. The van der Waals surface area contributed by atoms with E-state index in [1.165, 1.54) is 0 Å². The van der Waals surface area contributed by atoms with Crippen LogP contribution in [-0.4, -0.2) is 29.3 Å². The zero-order valence-corrected chi connectivity index (χ0v) is 11.5. The highest BCUT2D eigenvalue weighted by Crippen LogP contribution is 2.28. The molecular formula is C15H21NO3. The predicted molar refractivity (Wildman–Crippen MR) is 73.1 cm³/mol. The van der Waals surface area contributed by atoms with Gasteiger partial charge in [-0.15, -0.1) is 0 Å². The van der Waals surface area contributed by atoms with Crippen LogP contribution in [0.3, 0.4) is 0 Å². The maximum absolute atomic E-state index is 12.2. The number of carbonyl (C=O) groups is 1. The molecule has 1 amide bonds. The number of aliphatic hydroxyl groups excluding tert-OH is 1. The summed E-state index contributed by atoms with van der Waals surface area (Å²) >= 11 is 0. The Balaban J connectivity index is 1.99. The molecule has 2 N–H and O–H groups in total. The topological polar surface area (TPSA) is 58.6 Å². The maximum atomic E-state index is 12.2. The molecule has 4 heteroatoms. The van der Waals surface area contributed by atoms with Gasteiger partial charge in [0.1, 0.15) is 5.75 Å². The van der Waals surface area contributed by atoms with Gasteiger partial charge in [-0.25, -0.2) is 0 Å². The first-order chi connectivity index (χ1) is 9.08. The number of hydrogen-bond donors (Lipinski definition) is 2. The number of nitrogens with one attached hydrogen (secondary N) is 1. The van der Waals surface area contributed by atoms with Crippen LogP contribution in [0.4, 0.5) is 0 Å². The molecule has 1 aromatic rings. The number of rotatable bonds is 5. The molecule has 2 atom stereocenters. The molecule has 0 saturated heterocycles. The Morgan fingerprint density at radius 1 is 1.53 bits per heavy atom. The van der Waals surface area contributed by atoms with E-state index in [0.717, 1.165) is 17.7 Å². The molecule has 0 aliphatic carbocycles. The lowest BCUT2D eigenvalue weighted by Crippen LogP contribution is -2.51. The van der Waals surface area contributed by atoms with Gasteiger partial charge < -0.3 is 15.2 Å². The molecule has 0 bridgehead atoms. The minimum absolute atomic E-state index is 0.0658. The second kappa shape index (κ2) is 5.61. The van der Waals surface area contributed by atoms with E-state index in [9.17, 15) is 4.79 Å². The van der Waals surface area contributed by atoms with E-state index < -0.39 is 6.10 Å². The summed E-state index contributed by atoms with van der Waals surface area (Å²) in [5.41, 5.74) is 0.701. The third-order valence-corrected chi connectivity index (χ3v) is 3.81. The SMILES string of the molecule is CCC(C)(CCO)NC(=O)C1Cc2ccccc2O1. The quantitative estimate of drug-likeness (QED) is 0.849. The van der Waals surface area contributed by atoms with E-state index in [1.54, 1.807) is 0 Å². The van der Waals surface area contributed by atoms with E-state index >= 15 is 0 Å².